The lowest BCUT2D eigenvalue weighted by molar-refractivity contribution is -0.121. The van der Waals surface area contributed by atoms with Gasteiger partial charge in [-0.25, -0.2) is 13.2 Å². The number of sulfonamides is 1. The normalized spacial score (nSPS) is 20.3. The predicted molar refractivity (Wildman–Crippen MR) is 139 cm³/mol. The zero-order valence-corrected chi connectivity index (χ0v) is 21.8. The van der Waals surface area contributed by atoms with E-state index in [-0.39, 0.29) is 41.6 Å². The molecule has 1 amide bonds. The average Bonchev–Trinajstić information content (AvgIpc) is 3.30. The molecule has 1 aliphatic carbocycles. The Morgan fingerprint density at radius 3 is 2.49 bits per heavy atom. The number of rotatable bonds is 9. The second-order valence-corrected chi connectivity index (χ2v) is 12.7. The van der Waals surface area contributed by atoms with Crippen LogP contribution in [0.1, 0.15) is 68.0 Å². The summed E-state index contributed by atoms with van der Waals surface area (Å²) in [5, 5.41) is 10.0. The zero-order chi connectivity index (χ0) is 25.0. The number of carbonyl (C=O) groups is 2. The Bertz CT molecular complexity index is 1140. The number of thiophene rings is 1. The quantitative estimate of drug-likeness (QED) is 0.459. The van der Waals surface area contributed by atoms with Crippen LogP contribution in [0.15, 0.2) is 36.4 Å². The molecular formula is C26H34N2O5S2. The first-order chi connectivity index (χ1) is 16.8. The Labute approximate surface area is 211 Å². The van der Waals surface area contributed by atoms with E-state index in [1.165, 1.54) is 4.31 Å². The highest BCUT2D eigenvalue weighted by molar-refractivity contribution is 7.89. The van der Waals surface area contributed by atoms with Gasteiger partial charge in [-0.1, -0.05) is 69.4 Å². The van der Waals surface area contributed by atoms with Gasteiger partial charge in [0, 0.05) is 11.4 Å². The van der Waals surface area contributed by atoms with E-state index in [1.807, 2.05) is 37.3 Å². The van der Waals surface area contributed by atoms with Crippen LogP contribution >= 0.6 is 11.3 Å². The summed E-state index contributed by atoms with van der Waals surface area (Å²) in [4.78, 5) is 28.4. The van der Waals surface area contributed by atoms with Crippen LogP contribution in [0.25, 0.3) is 10.4 Å². The van der Waals surface area contributed by atoms with Gasteiger partial charge in [0.2, 0.25) is 15.9 Å². The summed E-state index contributed by atoms with van der Waals surface area (Å²) in [7, 11) is -3.56. The molecule has 1 N–H and O–H groups in total. The Morgan fingerprint density at radius 1 is 1.11 bits per heavy atom. The van der Waals surface area contributed by atoms with Gasteiger partial charge < -0.3 is 10.0 Å². The van der Waals surface area contributed by atoms with E-state index < -0.39 is 16.0 Å². The largest absolute Gasteiger partial charge is 0.477 e. The summed E-state index contributed by atoms with van der Waals surface area (Å²) in [5.41, 5.74) is 1.29. The number of hydrogen-bond donors (Lipinski definition) is 1. The van der Waals surface area contributed by atoms with E-state index in [9.17, 15) is 23.1 Å². The Kier molecular flexibility index (Phi) is 8.29. The molecule has 2 heterocycles. The molecule has 1 aromatic carbocycles. The highest BCUT2D eigenvalue weighted by Crippen LogP contribution is 2.41. The lowest BCUT2D eigenvalue weighted by atomic mass is 9.82. The van der Waals surface area contributed by atoms with Crippen LogP contribution in [0.3, 0.4) is 0 Å². The van der Waals surface area contributed by atoms with Crippen molar-refractivity contribution < 1.29 is 23.1 Å². The number of piperazine rings is 1. The number of aromatic carboxylic acids is 1. The molecule has 2 aromatic rings. The van der Waals surface area contributed by atoms with Crippen LogP contribution in [0.2, 0.25) is 0 Å². The number of anilines is 1. The van der Waals surface area contributed by atoms with Crippen molar-refractivity contribution in [3.8, 4) is 10.4 Å². The number of unbranched alkanes of at least 4 members (excludes halogenated alkanes) is 2. The minimum Gasteiger partial charge on any atom is -0.477 e. The van der Waals surface area contributed by atoms with E-state index >= 15 is 0 Å². The second-order valence-electron chi connectivity index (χ2n) is 9.54. The topological polar surface area (TPSA) is 95.0 Å². The molecule has 2 fully saturated rings. The number of benzene rings is 1. The maximum Gasteiger partial charge on any atom is 0.348 e. The lowest BCUT2D eigenvalue weighted by Gasteiger charge is -2.45. The molecule has 1 atom stereocenters. The molecular weight excluding hydrogens is 484 g/mol. The van der Waals surface area contributed by atoms with Crippen LogP contribution in [0.4, 0.5) is 5.69 Å². The Morgan fingerprint density at radius 2 is 1.83 bits per heavy atom. The Balaban J connectivity index is 1.71. The van der Waals surface area contributed by atoms with Crippen molar-refractivity contribution in [3.63, 3.8) is 0 Å². The average molecular weight is 519 g/mol. The van der Waals surface area contributed by atoms with Crippen LogP contribution in [0, 0.1) is 5.92 Å². The fourth-order valence-electron chi connectivity index (χ4n) is 5.29. The van der Waals surface area contributed by atoms with Gasteiger partial charge in [-0.15, -0.1) is 11.3 Å². The van der Waals surface area contributed by atoms with Crippen molar-refractivity contribution in [1.82, 2.24) is 4.31 Å². The van der Waals surface area contributed by atoms with Crippen molar-refractivity contribution in [2.24, 2.45) is 5.92 Å². The number of hydrogen-bond acceptors (Lipinski definition) is 5. The van der Waals surface area contributed by atoms with Crippen molar-refractivity contribution in [2.45, 2.75) is 64.3 Å². The maximum absolute atomic E-state index is 13.6. The van der Waals surface area contributed by atoms with Crippen LogP contribution in [0.5, 0.6) is 0 Å². The summed E-state index contributed by atoms with van der Waals surface area (Å²) in [6.45, 7) is 2.01. The number of carboxylic acids is 1. The molecule has 190 valence electrons. The van der Waals surface area contributed by atoms with Gasteiger partial charge in [0.1, 0.15) is 4.88 Å². The lowest BCUT2D eigenvalue weighted by Crippen LogP contribution is -2.61. The SMILES string of the molecule is CCCCCS(=O)(=O)N1CC(=O)N(c2cc(-c3ccccc3)sc2C(=O)O)C(C2CCCCC2)C1. The number of carboxylic acid groups (broad SMARTS) is 1. The molecule has 35 heavy (non-hydrogen) atoms. The molecule has 1 unspecified atom stereocenters. The highest BCUT2D eigenvalue weighted by Gasteiger charge is 2.43. The summed E-state index contributed by atoms with van der Waals surface area (Å²) >= 11 is 1.16. The van der Waals surface area contributed by atoms with E-state index in [0.717, 1.165) is 66.7 Å². The predicted octanol–water partition coefficient (Wildman–Crippen LogP) is 5.23. The molecule has 7 nitrogen and oxygen atoms in total. The molecule has 0 radical (unpaired) electrons. The first-order valence-electron chi connectivity index (χ1n) is 12.5. The smallest absolute Gasteiger partial charge is 0.348 e. The van der Waals surface area contributed by atoms with Gasteiger partial charge in [-0.3, -0.25) is 4.79 Å². The minimum absolute atomic E-state index is 0.0441. The fourth-order valence-corrected chi connectivity index (χ4v) is 7.80. The van der Waals surface area contributed by atoms with E-state index in [2.05, 4.69) is 0 Å². The van der Waals surface area contributed by atoms with Crippen LogP contribution in [-0.4, -0.2) is 54.6 Å². The summed E-state index contributed by atoms with van der Waals surface area (Å²) in [6, 6.07) is 11.0. The number of carbonyl (C=O) groups excluding carboxylic acids is 1. The van der Waals surface area contributed by atoms with Gasteiger partial charge in [-0.2, -0.15) is 4.31 Å². The monoisotopic (exact) mass is 518 g/mol. The third kappa shape index (κ3) is 5.78. The number of amides is 1. The second kappa shape index (κ2) is 11.2. The minimum atomic E-state index is -3.56. The van der Waals surface area contributed by atoms with Gasteiger partial charge in [0.25, 0.3) is 0 Å². The molecule has 9 heteroatoms. The van der Waals surface area contributed by atoms with Crippen molar-refractivity contribution in [2.75, 3.05) is 23.7 Å². The van der Waals surface area contributed by atoms with Crippen molar-refractivity contribution in [1.29, 1.82) is 0 Å². The molecule has 4 rings (SSSR count). The van der Waals surface area contributed by atoms with Crippen molar-refractivity contribution >= 4 is 38.9 Å². The van der Waals surface area contributed by atoms with Crippen LogP contribution in [-0.2, 0) is 14.8 Å². The van der Waals surface area contributed by atoms with E-state index in [0.29, 0.717) is 12.1 Å². The zero-order valence-electron chi connectivity index (χ0n) is 20.2. The van der Waals surface area contributed by atoms with Crippen molar-refractivity contribution in [3.05, 3.63) is 41.3 Å². The van der Waals surface area contributed by atoms with Gasteiger partial charge >= 0.3 is 5.97 Å². The molecule has 0 spiro atoms. The van der Waals surface area contributed by atoms with Crippen LogP contribution < -0.4 is 4.90 Å². The Hall–Kier alpha value is -2.23. The number of nitrogens with zero attached hydrogens (tertiary/aromatic N) is 2. The standard InChI is InChI=1S/C26H34N2O5S2/c1-2-3-10-15-35(32,33)27-17-22(19-11-6-4-7-12-19)28(24(29)18-27)21-16-23(34-25(21)26(30)31)20-13-8-5-9-14-20/h5,8-9,13-14,16,19,22H,2-4,6-7,10-12,15,17-18H2,1H3,(H,30,31). The van der Waals surface area contributed by atoms with E-state index in [1.54, 1.807) is 11.0 Å². The van der Waals surface area contributed by atoms with E-state index in [4.69, 9.17) is 0 Å². The first-order valence-corrected chi connectivity index (χ1v) is 15.0. The third-order valence-electron chi connectivity index (χ3n) is 7.12. The molecule has 1 aliphatic heterocycles. The van der Waals surface area contributed by atoms with Gasteiger partial charge in [-0.05, 0) is 36.8 Å². The molecule has 0 bridgehead atoms. The first kappa shape index (κ1) is 25.9. The summed E-state index contributed by atoms with van der Waals surface area (Å²) in [5.74, 6) is -1.23. The molecule has 1 saturated heterocycles. The van der Waals surface area contributed by atoms with Gasteiger partial charge in [0.05, 0.1) is 24.0 Å². The van der Waals surface area contributed by atoms with Gasteiger partial charge in [0.15, 0.2) is 0 Å². The highest BCUT2D eigenvalue weighted by atomic mass is 32.2. The molecule has 1 aromatic heterocycles. The summed E-state index contributed by atoms with van der Waals surface area (Å²) in [6.07, 6.45) is 7.37. The summed E-state index contributed by atoms with van der Waals surface area (Å²) < 4.78 is 27.6. The maximum atomic E-state index is 13.6. The molecule has 1 saturated carbocycles. The fraction of sp³-hybridized carbons (Fsp3) is 0.538. The third-order valence-corrected chi connectivity index (χ3v) is 10.2. The molecule has 2 aliphatic rings.